The molecule has 0 bridgehead atoms. The maximum atomic E-state index is 2.44. The van der Waals surface area contributed by atoms with Gasteiger partial charge in [-0.2, -0.15) is 0 Å². The molecule has 0 spiro atoms. The molecule has 0 heterocycles. The van der Waals surface area contributed by atoms with Crippen LogP contribution < -0.4 is 0 Å². The van der Waals surface area contributed by atoms with Crippen molar-refractivity contribution < 1.29 is 0 Å². The highest BCUT2D eigenvalue weighted by molar-refractivity contribution is 6.82. The molecule has 0 aliphatic carbocycles. The second kappa shape index (κ2) is 5.83. The van der Waals surface area contributed by atoms with E-state index in [1.54, 1.807) is 0 Å². The minimum Gasteiger partial charge on any atom is -0.0938 e. The summed E-state index contributed by atoms with van der Waals surface area (Å²) in [7, 11) is -1.31. The topological polar surface area (TPSA) is 0 Å². The van der Waals surface area contributed by atoms with E-state index in [0.717, 1.165) is 0 Å². The number of rotatable bonds is 4. The first kappa shape index (κ1) is 12.8. The third-order valence-corrected chi connectivity index (χ3v) is 5.42. The zero-order valence-electron chi connectivity index (χ0n) is 11.1. The lowest BCUT2D eigenvalue weighted by Crippen LogP contribution is -2.26. The van der Waals surface area contributed by atoms with E-state index < -0.39 is 8.07 Å². The Morgan fingerprint density at radius 3 is 2.00 bits per heavy atom. The number of hydrogen-bond acceptors (Lipinski definition) is 0. The average molecular weight is 252 g/mol. The van der Waals surface area contributed by atoms with Gasteiger partial charge in [0.05, 0.1) is 8.07 Å². The van der Waals surface area contributed by atoms with E-state index in [1.807, 2.05) is 0 Å². The summed E-state index contributed by atoms with van der Waals surface area (Å²) in [5.74, 6) is 0. The first-order chi connectivity index (χ1) is 8.66. The minimum atomic E-state index is -1.31. The van der Waals surface area contributed by atoms with Crippen molar-refractivity contribution in [3.8, 4) is 0 Å². The largest absolute Gasteiger partial charge is 0.0938 e. The maximum absolute atomic E-state index is 2.44. The van der Waals surface area contributed by atoms with Crippen LogP contribution in [0.5, 0.6) is 0 Å². The first-order valence-corrected chi connectivity index (χ1v) is 9.72. The molecule has 0 unspecified atom stereocenters. The zero-order chi connectivity index (χ0) is 12.8. The highest BCUT2D eigenvalue weighted by atomic mass is 28.3. The second-order valence-corrected chi connectivity index (χ2v) is 10.1. The van der Waals surface area contributed by atoms with Crippen LogP contribution in [0, 0.1) is 0 Å². The molecule has 0 amide bonds. The highest BCUT2D eigenvalue weighted by Crippen LogP contribution is 2.15. The molecule has 0 saturated carbocycles. The van der Waals surface area contributed by atoms with Crippen molar-refractivity contribution in [2.75, 3.05) is 0 Å². The van der Waals surface area contributed by atoms with Crippen LogP contribution in [0.2, 0.25) is 13.1 Å². The third-order valence-electron chi connectivity index (χ3n) is 3.03. The Balaban J connectivity index is 2.06. The third kappa shape index (κ3) is 4.01. The van der Waals surface area contributed by atoms with Crippen LogP contribution in [-0.2, 0) is 6.04 Å². The van der Waals surface area contributed by atoms with Gasteiger partial charge in [0.1, 0.15) is 0 Å². The van der Waals surface area contributed by atoms with E-state index in [2.05, 4.69) is 85.5 Å². The van der Waals surface area contributed by atoms with Crippen LogP contribution in [0.1, 0.15) is 11.1 Å². The predicted molar refractivity (Wildman–Crippen MR) is 83.1 cm³/mol. The average Bonchev–Trinajstić information content (AvgIpc) is 2.38. The maximum Gasteiger partial charge on any atom is 0.0760 e. The molecular formula is C17H20Si. The molecule has 2 aromatic rings. The van der Waals surface area contributed by atoms with E-state index in [9.17, 15) is 0 Å². The molecule has 0 fully saturated rings. The van der Waals surface area contributed by atoms with Crippen LogP contribution in [0.15, 0.2) is 66.4 Å². The lowest BCUT2D eigenvalue weighted by atomic mass is 10.2. The molecule has 0 nitrogen and oxygen atoms in total. The molecule has 0 saturated heterocycles. The van der Waals surface area contributed by atoms with Gasteiger partial charge in [0.2, 0.25) is 0 Å². The number of benzene rings is 2. The molecule has 0 atom stereocenters. The van der Waals surface area contributed by atoms with Gasteiger partial charge in [-0.15, -0.1) is 0 Å². The summed E-state index contributed by atoms with van der Waals surface area (Å²) in [6.45, 7) is 4.83. The molecule has 0 N–H and O–H groups in total. The predicted octanol–water partition coefficient (Wildman–Crippen LogP) is 4.73. The Hall–Kier alpha value is -1.60. The lowest BCUT2D eigenvalue weighted by molar-refractivity contribution is 1.33. The van der Waals surface area contributed by atoms with E-state index in [-0.39, 0.29) is 0 Å². The summed E-state index contributed by atoms with van der Waals surface area (Å²) in [5, 5.41) is 0. The molecule has 0 radical (unpaired) electrons. The molecule has 18 heavy (non-hydrogen) atoms. The van der Waals surface area contributed by atoms with Gasteiger partial charge >= 0.3 is 0 Å². The van der Waals surface area contributed by atoms with Gasteiger partial charge in [0.25, 0.3) is 0 Å². The number of hydrogen-bond donors (Lipinski definition) is 0. The lowest BCUT2D eigenvalue weighted by Gasteiger charge is -2.17. The van der Waals surface area contributed by atoms with Crippen LogP contribution in [0.25, 0.3) is 6.08 Å². The Morgan fingerprint density at radius 1 is 0.833 bits per heavy atom. The molecular weight excluding hydrogens is 232 g/mol. The first-order valence-electron chi connectivity index (χ1n) is 6.44. The molecule has 92 valence electrons. The standard InChI is InChI=1S/C17H20Si/c1-18(2,15-17-11-7-4-8-12-17)14-13-16-9-5-3-6-10-16/h3-14H,15H2,1-2H3/b14-13-. The molecule has 0 aliphatic rings. The summed E-state index contributed by atoms with van der Waals surface area (Å²) in [6, 6.07) is 22.5. The molecule has 1 heteroatoms. The van der Waals surface area contributed by atoms with E-state index in [1.165, 1.54) is 17.2 Å². The van der Waals surface area contributed by atoms with Gasteiger partial charge in [-0.25, -0.2) is 0 Å². The van der Waals surface area contributed by atoms with Crippen molar-refractivity contribution in [2.24, 2.45) is 0 Å². The summed E-state index contributed by atoms with van der Waals surface area (Å²) in [5.41, 5.74) is 5.19. The Kier molecular flexibility index (Phi) is 4.16. The van der Waals surface area contributed by atoms with Crippen molar-refractivity contribution in [3.05, 3.63) is 77.5 Å². The summed E-state index contributed by atoms with van der Waals surface area (Å²) in [4.78, 5) is 0. The van der Waals surface area contributed by atoms with Crippen molar-refractivity contribution in [1.82, 2.24) is 0 Å². The second-order valence-electron chi connectivity index (χ2n) is 5.39. The van der Waals surface area contributed by atoms with Gasteiger partial charge < -0.3 is 0 Å². The molecule has 0 aliphatic heterocycles. The fraction of sp³-hybridized carbons (Fsp3) is 0.176. The van der Waals surface area contributed by atoms with Crippen LogP contribution >= 0.6 is 0 Å². The summed E-state index contributed by atoms with van der Waals surface area (Å²) >= 11 is 0. The van der Waals surface area contributed by atoms with Crippen molar-refractivity contribution in [2.45, 2.75) is 19.1 Å². The van der Waals surface area contributed by atoms with E-state index in [4.69, 9.17) is 0 Å². The van der Waals surface area contributed by atoms with Crippen LogP contribution in [0.4, 0.5) is 0 Å². The van der Waals surface area contributed by atoms with Gasteiger partial charge in [0.15, 0.2) is 0 Å². The highest BCUT2D eigenvalue weighted by Gasteiger charge is 2.16. The fourth-order valence-electron chi connectivity index (χ4n) is 2.07. The van der Waals surface area contributed by atoms with Gasteiger partial charge in [-0.1, -0.05) is 91.1 Å². The van der Waals surface area contributed by atoms with Crippen LogP contribution in [0.3, 0.4) is 0 Å². The van der Waals surface area contributed by atoms with Gasteiger partial charge in [-0.3, -0.25) is 0 Å². The summed E-state index contributed by atoms with van der Waals surface area (Å²) < 4.78 is 0. The van der Waals surface area contributed by atoms with Crippen molar-refractivity contribution in [1.29, 1.82) is 0 Å². The van der Waals surface area contributed by atoms with Gasteiger partial charge in [0, 0.05) is 0 Å². The normalized spacial score (nSPS) is 11.9. The molecule has 0 aromatic heterocycles. The zero-order valence-corrected chi connectivity index (χ0v) is 12.1. The van der Waals surface area contributed by atoms with Crippen LogP contribution in [-0.4, -0.2) is 8.07 Å². The van der Waals surface area contributed by atoms with E-state index >= 15 is 0 Å². The Morgan fingerprint density at radius 2 is 1.39 bits per heavy atom. The molecule has 2 aromatic carbocycles. The van der Waals surface area contributed by atoms with Crippen molar-refractivity contribution >= 4 is 14.1 Å². The minimum absolute atomic E-state index is 1.21. The fourth-order valence-corrected chi connectivity index (χ4v) is 4.12. The van der Waals surface area contributed by atoms with Gasteiger partial charge in [-0.05, 0) is 11.6 Å². The smallest absolute Gasteiger partial charge is 0.0760 e. The quantitative estimate of drug-likeness (QED) is 0.690. The monoisotopic (exact) mass is 252 g/mol. The molecule has 2 rings (SSSR count). The Labute approximate surface area is 111 Å². The van der Waals surface area contributed by atoms with Crippen molar-refractivity contribution in [3.63, 3.8) is 0 Å². The van der Waals surface area contributed by atoms with E-state index in [0.29, 0.717) is 0 Å². The SMILES string of the molecule is C[Si](C)(/C=C\c1ccccc1)Cc1ccccc1. The summed E-state index contributed by atoms with van der Waals surface area (Å²) in [6.07, 6.45) is 2.27. The Bertz CT molecular complexity index is 498.